The second kappa shape index (κ2) is 6.66. The van der Waals surface area contributed by atoms with Crippen molar-refractivity contribution in [3.8, 4) is 5.69 Å². The molecule has 2 aliphatic rings. The lowest BCUT2D eigenvalue weighted by molar-refractivity contribution is 0.787. The molecule has 3 aromatic carbocycles. The van der Waals surface area contributed by atoms with E-state index in [1.54, 1.807) is 0 Å². The number of hydrogen-bond donors (Lipinski definition) is 0. The van der Waals surface area contributed by atoms with Gasteiger partial charge in [0.15, 0.2) is 0 Å². The van der Waals surface area contributed by atoms with Gasteiger partial charge < -0.3 is 9.47 Å². The van der Waals surface area contributed by atoms with Gasteiger partial charge in [-0.3, -0.25) is 9.98 Å². The van der Waals surface area contributed by atoms with Crippen molar-refractivity contribution in [2.45, 2.75) is 12.0 Å². The third-order valence-corrected chi connectivity index (χ3v) is 6.68. The van der Waals surface area contributed by atoms with Gasteiger partial charge in [0.05, 0.1) is 23.3 Å². The maximum Gasteiger partial charge on any atom is 0.0797 e. The van der Waals surface area contributed by atoms with Crippen molar-refractivity contribution in [3.05, 3.63) is 109 Å². The maximum atomic E-state index is 4.47. The summed E-state index contributed by atoms with van der Waals surface area (Å²) in [5.41, 5.74) is 7.21. The Hall–Kier alpha value is -4.18. The topological polar surface area (TPSA) is 33.4 Å². The van der Waals surface area contributed by atoms with Crippen LogP contribution in [0.1, 0.15) is 11.5 Å². The number of nitrogens with zero attached hydrogens (tertiary/aromatic N) is 4. The molecule has 0 saturated carbocycles. The number of benzene rings is 3. The van der Waals surface area contributed by atoms with Gasteiger partial charge in [-0.1, -0.05) is 48.5 Å². The maximum absolute atomic E-state index is 4.47. The standard InChI is InChI=1S/C28H20N4/c1-3-10-25-21(8-1)23-12-14-29-17-27(23)31(25)19-6-5-7-20(16-19)32-26-11-4-2-9-22(26)24-13-15-30-18-28(24)32/h1-18,23,27H. The van der Waals surface area contributed by atoms with Crippen molar-refractivity contribution >= 4 is 39.4 Å². The Morgan fingerprint density at radius 1 is 0.750 bits per heavy atom. The summed E-state index contributed by atoms with van der Waals surface area (Å²) in [4.78, 5) is 11.3. The summed E-state index contributed by atoms with van der Waals surface area (Å²) in [7, 11) is 0. The van der Waals surface area contributed by atoms with E-state index in [2.05, 4.69) is 111 Å². The zero-order valence-corrected chi connectivity index (χ0v) is 17.3. The lowest BCUT2D eigenvalue weighted by Crippen LogP contribution is -2.32. The van der Waals surface area contributed by atoms with Crippen LogP contribution in [0, 0.1) is 0 Å². The van der Waals surface area contributed by atoms with E-state index >= 15 is 0 Å². The summed E-state index contributed by atoms with van der Waals surface area (Å²) in [6.07, 6.45) is 10.0. The number of pyridine rings is 1. The molecule has 0 radical (unpaired) electrons. The van der Waals surface area contributed by atoms with E-state index in [-0.39, 0.29) is 6.04 Å². The van der Waals surface area contributed by atoms with Gasteiger partial charge in [0.25, 0.3) is 0 Å². The van der Waals surface area contributed by atoms with Gasteiger partial charge in [-0.15, -0.1) is 0 Å². The van der Waals surface area contributed by atoms with E-state index < -0.39 is 0 Å². The number of para-hydroxylation sites is 2. The predicted molar refractivity (Wildman–Crippen MR) is 131 cm³/mol. The highest BCUT2D eigenvalue weighted by Gasteiger charge is 2.37. The molecule has 0 bridgehead atoms. The molecule has 32 heavy (non-hydrogen) atoms. The quantitative estimate of drug-likeness (QED) is 0.337. The zero-order chi connectivity index (χ0) is 21.1. The van der Waals surface area contributed by atoms with E-state index in [1.807, 2.05) is 18.6 Å². The molecule has 0 N–H and O–H groups in total. The second-order valence-electron chi connectivity index (χ2n) is 8.35. The van der Waals surface area contributed by atoms with Crippen LogP contribution in [-0.4, -0.2) is 21.8 Å². The molecule has 0 aliphatic carbocycles. The Morgan fingerprint density at radius 2 is 1.59 bits per heavy atom. The first-order chi connectivity index (χ1) is 15.9. The van der Waals surface area contributed by atoms with Crippen molar-refractivity contribution in [1.82, 2.24) is 9.55 Å². The molecule has 0 saturated heterocycles. The Morgan fingerprint density at radius 3 is 2.59 bits per heavy atom. The molecule has 5 aromatic rings. The Kier molecular flexibility index (Phi) is 3.64. The van der Waals surface area contributed by atoms with Crippen LogP contribution >= 0.6 is 0 Å². The van der Waals surface area contributed by atoms with Gasteiger partial charge in [0.2, 0.25) is 0 Å². The Labute approximate surface area is 185 Å². The molecular formula is C28H20N4. The van der Waals surface area contributed by atoms with Gasteiger partial charge >= 0.3 is 0 Å². The molecule has 4 nitrogen and oxygen atoms in total. The summed E-state index contributed by atoms with van der Waals surface area (Å²) in [6.45, 7) is 0. The summed E-state index contributed by atoms with van der Waals surface area (Å²) < 4.78 is 2.31. The third kappa shape index (κ3) is 2.38. The van der Waals surface area contributed by atoms with Crippen LogP contribution in [0.25, 0.3) is 27.5 Å². The van der Waals surface area contributed by atoms with E-state index in [0.717, 1.165) is 11.2 Å². The fraction of sp³-hybridized carbons (Fsp3) is 0.0714. The first-order valence-corrected chi connectivity index (χ1v) is 10.9. The van der Waals surface area contributed by atoms with Crippen molar-refractivity contribution in [2.75, 3.05) is 4.90 Å². The van der Waals surface area contributed by atoms with Crippen molar-refractivity contribution in [1.29, 1.82) is 0 Å². The van der Waals surface area contributed by atoms with Gasteiger partial charge in [-0.05, 0) is 42.0 Å². The number of aromatic nitrogens is 2. The molecule has 2 atom stereocenters. The average Bonchev–Trinajstić information content (AvgIpc) is 3.37. The monoisotopic (exact) mass is 412 g/mol. The molecule has 0 fully saturated rings. The normalized spacial score (nSPS) is 18.9. The van der Waals surface area contributed by atoms with E-state index in [9.17, 15) is 0 Å². The van der Waals surface area contributed by atoms with Gasteiger partial charge in [-0.2, -0.15) is 0 Å². The minimum absolute atomic E-state index is 0.187. The number of fused-ring (bicyclic) bond motifs is 6. The second-order valence-corrected chi connectivity index (χ2v) is 8.35. The molecule has 152 valence electrons. The molecule has 2 unspecified atom stereocenters. The van der Waals surface area contributed by atoms with Crippen molar-refractivity contribution in [3.63, 3.8) is 0 Å². The van der Waals surface area contributed by atoms with Crippen LogP contribution in [0.3, 0.4) is 0 Å². The SMILES string of the molecule is C1=CC2c3ccccc3N(c3cccc(-n4c5ccccc5c5ccncc54)c3)C2C=N1. The summed E-state index contributed by atoms with van der Waals surface area (Å²) in [5.74, 6) is 0.324. The number of hydrogen-bond acceptors (Lipinski definition) is 3. The van der Waals surface area contributed by atoms with Crippen LogP contribution in [0.5, 0.6) is 0 Å². The average molecular weight is 412 g/mol. The molecule has 4 heteroatoms. The van der Waals surface area contributed by atoms with Gasteiger partial charge in [0, 0.05) is 52.4 Å². The van der Waals surface area contributed by atoms with Crippen LogP contribution in [-0.2, 0) is 0 Å². The summed E-state index contributed by atoms with van der Waals surface area (Å²) >= 11 is 0. The fourth-order valence-corrected chi connectivity index (χ4v) is 5.34. The first kappa shape index (κ1) is 17.5. The number of anilines is 2. The summed E-state index contributed by atoms with van der Waals surface area (Å²) in [6, 6.07) is 28.3. The molecular weight excluding hydrogens is 392 g/mol. The Balaban J connectivity index is 1.45. The highest BCUT2D eigenvalue weighted by atomic mass is 15.2. The zero-order valence-electron chi connectivity index (χ0n) is 17.3. The van der Waals surface area contributed by atoms with Crippen LogP contribution < -0.4 is 4.90 Å². The number of rotatable bonds is 2. The molecule has 2 aromatic heterocycles. The van der Waals surface area contributed by atoms with Crippen molar-refractivity contribution in [2.24, 2.45) is 4.99 Å². The third-order valence-electron chi connectivity index (χ3n) is 6.68. The minimum atomic E-state index is 0.187. The number of aliphatic imine (C=N–C) groups is 1. The molecule has 4 heterocycles. The summed E-state index contributed by atoms with van der Waals surface area (Å²) in [5, 5.41) is 2.46. The smallest absolute Gasteiger partial charge is 0.0797 e. The van der Waals surface area contributed by atoms with Crippen LogP contribution in [0.15, 0.2) is 109 Å². The molecule has 0 spiro atoms. The lowest BCUT2D eigenvalue weighted by atomic mass is 9.94. The molecule has 7 rings (SSSR count). The fourth-order valence-electron chi connectivity index (χ4n) is 5.34. The first-order valence-electron chi connectivity index (χ1n) is 10.9. The Bertz CT molecular complexity index is 1510. The van der Waals surface area contributed by atoms with E-state index in [4.69, 9.17) is 0 Å². The highest BCUT2D eigenvalue weighted by Crippen LogP contribution is 2.46. The van der Waals surface area contributed by atoms with Gasteiger partial charge in [-0.25, -0.2) is 0 Å². The van der Waals surface area contributed by atoms with Crippen molar-refractivity contribution < 1.29 is 0 Å². The molecule has 0 amide bonds. The minimum Gasteiger partial charge on any atom is -0.332 e. The largest absolute Gasteiger partial charge is 0.332 e. The lowest BCUT2D eigenvalue weighted by Gasteiger charge is -2.28. The highest BCUT2D eigenvalue weighted by molar-refractivity contribution is 6.09. The van der Waals surface area contributed by atoms with Crippen LogP contribution in [0.4, 0.5) is 11.4 Å². The van der Waals surface area contributed by atoms with E-state index in [0.29, 0.717) is 5.92 Å². The predicted octanol–water partition coefficient (Wildman–Crippen LogP) is 6.38. The van der Waals surface area contributed by atoms with Gasteiger partial charge in [0.1, 0.15) is 0 Å². The van der Waals surface area contributed by atoms with E-state index in [1.165, 1.54) is 33.2 Å². The molecule has 2 aliphatic heterocycles. The van der Waals surface area contributed by atoms with Crippen LogP contribution in [0.2, 0.25) is 0 Å².